The molecule has 0 aromatic rings. The van der Waals surface area contributed by atoms with E-state index in [0.29, 0.717) is 5.92 Å². The highest BCUT2D eigenvalue weighted by molar-refractivity contribution is 5.45. The zero-order chi connectivity index (χ0) is 9.23. The molecule has 0 saturated heterocycles. The molecule has 0 aliphatic heterocycles. The fourth-order valence-corrected chi connectivity index (χ4v) is 1.35. The molecule has 1 N–H and O–H groups in total. The molecule has 0 aromatic carbocycles. The zero-order valence-corrected chi connectivity index (χ0v) is 8.31. The van der Waals surface area contributed by atoms with E-state index in [1.807, 2.05) is 0 Å². The predicted molar refractivity (Wildman–Crippen MR) is 52.0 cm³/mol. The number of hydrogen-bond acceptors (Lipinski definition) is 1. The second kappa shape index (κ2) is 8.57. The number of unbranched alkanes of at least 4 members (excludes halogenated alkanes) is 2. The van der Waals surface area contributed by atoms with Gasteiger partial charge < -0.3 is 5.32 Å². The summed E-state index contributed by atoms with van der Waals surface area (Å²) >= 11 is 0. The van der Waals surface area contributed by atoms with Crippen LogP contribution in [0.3, 0.4) is 0 Å². The highest BCUT2D eigenvalue weighted by Crippen LogP contribution is 2.11. The Balaban J connectivity index is 3.32. The minimum Gasteiger partial charge on any atom is -0.358 e. The molecule has 1 unspecified atom stereocenters. The first-order chi connectivity index (χ1) is 5.85. The van der Waals surface area contributed by atoms with Crippen molar-refractivity contribution in [3.8, 4) is 0 Å². The van der Waals surface area contributed by atoms with Crippen molar-refractivity contribution in [1.82, 2.24) is 5.32 Å². The number of nitrogens with one attached hydrogen (secondary N) is 1. The molecule has 0 rings (SSSR count). The van der Waals surface area contributed by atoms with Gasteiger partial charge in [-0.1, -0.05) is 39.5 Å². The summed E-state index contributed by atoms with van der Waals surface area (Å²) in [6.45, 7) is 5.25. The third-order valence-electron chi connectivity index (χ3n) is 2.28. The van der Waals surface area contributed by atoms with Gasteiger partial charge in [0, 0.05) is 6.54 Å². The monoisotopic (exact) mass is 171 g/mol. The summed E-state index contributed by atoms with van der Waals surface area (Å²) in [6.07, 6.45) is 7.11. The van der Waals surface area contributed by atoms with Gasteiger partial charge in [0.1, 0.15) is 0 Å². The van der Waals surface area contributed by atoms with Gasteiger partial charge >= 0.3 is 0 Å². The molecule has 0 aliphatic rings. The van der Waals surface area contributed by atoms with Gasteiger partial charge in [0.15, 0.2) is 0 Å². The maximum Gasteiger partial charge on any atom is 0.207 e. The van der Waals surface area contributed by atoms with Crippen molar-refractivity contribution < 1.29 is 4.79 Å². The summed E-state index contributed by atoms with van der Waals surface area (Å²) in [5.74, 6) is 0.682. The van der Waals surface area contributed by atoms with Crippen LogP contribution in [0, 0.1) is 5.92 Å². The van der Waals surface area contributed by atoms with E-state index < -0.39 is 0 Å². The van der Waals surface area contributed by atoms with Crippen LogP contribution in [0.1, 0.15) is 46.0 Å². The maximum absolute atomic E-state index is 10.0. The van der Waals surface area contributed by atoms with E-state index in [2.05, 4.69) is 19.2 Å². The minimum atomic E-state index is 0.682. The number of carbonyl (C=O) groups excluding carboxylic acids is 1. The molecule has 0 aromatic heterocycles. The second-order valence-electron chi connectivity index (χ2n) is 3.30. The molecule has 0 bridgehead atoms. The Hall–Kier alpha value is -0.530. The van der Waals surface area contributed by atoms with Crippen LogP contribution < -0.4 is 5.32 Å². The Morgan fingerprint density at radius 2 is 2.08 bits per heavy atom. The van der Waals surface area contributed by atoms with Crippen LogP contribution in [0.15, 0.2) is 0 Å². The molecule has 1 atom stereocenters. The fraction of sp³-hybridized carbons (Fsp3) is 0.900. The Kier molecular flexibility index (Phi) is 8.19. The molecule has 72 valence electrons. The number of amides is 1. The normalized spacial score (nSPS) is 12.5. The molecular formula is C10H21NO. The Morgan fingerprint density at radius 3 is 2.58 bits per heavy atom. The van der Waals surface area contributed by atoms with Crippen LogP contribution in [0.2, 0.25) is 0 Å². The molecule has 1 amide bonds. The molecule has 0 aliphatic carbocycles. The van der Waals surface area contributed by atoms with Crippen LogP contribution in [0.4, 0.5) is 0 Å². The van der Waals surface area contributed by atoms with E-state index in [0.717, 1.165) is 13.0 Å². The Labute approximate surface area is 75.7 Å². The van der Waals surface area contributed by atoms with Crippen molar-refractivity contribution in [1.29, 1.82) is 0 Å². The highest BCUT2D eigenvalue weighted by Gasteiger charge is 2.03. The van der Waals surface area contributed by atoms with Crippen LogP contribution in [0.5, 0.6) is 0 Å². The first-order valence-electron chi connectivity index (χ1n) is 5.02. The largest absolute Gasteiger partial charge is 0.358 e. The van der Waals surface area contributed by atoms with Gasteiger partial charge in [0.05, 0.1) is 0 Å². The van der Waals surface area contributed by atoms with Crippen LogP contribution in [-0.2, 0) is 4.79 Å². The average molecular weight is 171 g/mol. The first kappa shape index (κ1) is 11.5. The molecule has 0 radical (unpaired) electrons. The lowest BCUT2D eigenvalue weighted by molar-refractivity contribution is -0.109. The minimum absolute atomic E-state index is 0.682. The number of rotatable bonds is 8. The van der Waals surface area contributed by atoms with Crippen LogP contribution in [0.25, 0.3) is 0 Å². The molecule has 0 fully saturated rings. The van der Waals surface area contributed by atoms with Gasteiger partial charge in [-0.15, -0.1) is 0 Å². The lowest BCUT2D eigenvalue weighted by Crippen LogP contribution is -2.20. The van der Waals surface area contributed by atoms with E-state index in [1.165, 1.54) is 32.1 Å². The number of hydrogen-bond donors (Lipinski definition) is 1. The van der Waals surface area contributed by atoms with Crippen molar-refractivity contribution in [3.05, 3.63) is 0 Å². The van der Waals surface area contributed by atoms with Gasteiger partial charge in [-0.2, -0.15) is 0 Å². The highest BCUT2D eigenvalue weighted by atomic mass is 16.1. The van der Waals surface area contributed by atoms with Crippen molar-refractivity contribution in [2.24, 2.45) is 5.92 Å². The van der Waals surface area contributed by atoms with Gasteiger partial charge in [-0.05, 0) is 12.3 Å². The lowest BCUT2D eigenvalue weighted by atomic mass is 9.99. The van der Waals surface area contributed by atoms with E-state index in [1.54, 1.807) is 0 Å². The third-order valence-corrected chi connectivity index (χ3v) is 2.28. The Morgan fingerprint density at radius 1 is 1.33 bits per heavy atom. The van der Waals surface area contributed by atoms with Crippen molar-refractivity contribution >= 4 is 6.41 Å². The molecule has 0 spiro atoms. The van der Waals surface area contributed by atoms with Gasteiger partial charge in [0.2, 0.25) is 6.41 Å². The second-order valence-corrected chi connectivity index (χ2v) is 3.30. The van der Waals surface area contributed by atoms with Gasteiger partial charge in [-0.3, -0.25) is 4.79 Å². The summed E-state index contributed by atoms with van der Waals surface area (Å²) in [5.41, 5.74) is 0. The molecule has 12 heavy (non-hydrogen) atoms. The molecule has 0 heterocycles. The molecule has 2 nitrogen and oxygen atoms in total. The third kappa shape index (κ3) is 6.20. The number of carbonyl (C=O) groups is 1. The summed E-state index contributed by atoms with van der Waals surface area (Å²) < 4.78 is 0. The van der Waals surface area contributed by atoms with Gasteiger partial charge in [0.25, 0.3) is 0 Å². The molecule has 2 heteroatoms. The quantitative estimate of drug-likeness (QED) is 0.441. The predicted octanol–water partition coefficient (Wildman–Crippen LogP) is 2.34. The standard InChI is InChI=1S/C10H21NO/c1-3-5-6-7-10(4-2)8-11-9-12/h9-10H,3-8H2,1-2H3,(H,11,12). The summed E-state index contributed by atoms with van der Waals surface area (Å²) in [7, 11) is 0. The maximum atomic E-state index is 10.0. The summed E-state index contributed by atoms with van der Waals surface area (Å²) in [6, 6.07) is 0. The van der Waals surface area contributed by atoms with Crippen molar-refractivity contribution in [2.45, 2.75) is 46.0 Å². The van der Waals surface area contributed by atoms with Crippen LogP contribution in [-0.4, -0.2) is 13.0 Å². The van der Waals surface area contributed by atoms with Crippen molar-refractivity contribution in [2.75, 3.05) is 6.54 Å². The van der Waals surface area contributed by atoms with Crippen molar-refractivity contribution in [3.63, 3.8) is 0 Å². The topological polar surface area (TPSA) is 29.1 Å². The first-order valence-corrected chi connectivity index (χ1v) is 5.02. The van der Waals surface area contributed by atoms with E-state index in [4.69, 9.17) is 0 Å². The van der Waals surface area contributed by atoms with E-state index in [9.17, 15) is 4.79 Å². The molecule has 0 saturated carbocycles. The van der Waals surface area contributed by atoms with Crippen LogP contribution >= 0.6 is 0 Å². The lowest BCUT2D eigenvalue weighted by Gasteiger charge is -2.12. The molecular weight excluding hydrogens is 150 g/mol. The fourth-order valence-electron chi connectivity index (χ4n) is 1.35. The van der Waals surface area contributed by atoms with E-state index in [-0.39, 0.29) is 0 Å². The Bertz CT molecular complexity index is 104. The zero-order valence-electron chi connectivity index (χ0n) is 8.31. The SMILES string of the molecule is CCCCCC(CC)CNC=O. The van der Waals surface area contributed by atoms with Gasteiger partial charge in [-0.25, -0.2) is 0 Å². The average Bonchev–Trinajstić information content (AvgIpc) is 2.11. The smallest absolute Gasteiger partial charge is 0.207 e. The van der Waals surface area contributed by atoms with E-state index >= 15 is 0 Å². The summed E-state index contributed by atoms with van der Waals surface area (Å²) in [4.78, 5) is 10.0. The summed E-state index contributed by atoms with van der Waals surface area (Å²) in [5, 5.41) is 2.75.